The molecule has 0 aliphatic heterocycles. The topological polar surface area (TPSA) is 87.7 Å². The Balaban J connectivity index is 1.70. The summed E-state index contributed by atoms with van der Waals surface area (Å²) in [5.74, 6) is -0.728. The van der Waals surface area contributed by atoms with Crippen molar-refractivity contribution >= 4 is 11.8 Å². The van der Waals surface area contributed by atoms with E-state index in [1.807, 2.05) is 19.9 Å². The molecule has 2 amide bonds. The molecule has 0 spiro atoms. The number of carbonyl (C=O) groups is 2. The second kappa shape index (κ2) is 10.1. The highest BCUT2D eigenvalue weighted by atomic mass is 19.4. The molecule has 0 aliphatic carbocycles. The first-order chi connectivity index (χ1) is 14.1. The van der Waals surface area contributed by atoms with Gasteiger partial charge in [-0.2, -0.15) is 13.2 Å². The zero-order valence-corrected chi connectivity index (χ0v) is 16.5. The van der Waals surface area contributed by atoms with E-state index in [4.69, 9.17) is 4.74 Å². The van der Waals surface area contributed by atoms with Crippen LogP contribution in [0.2, 0.25) is 0 Å². The minimum absolute atomic E-state index is 0.140. The summed E-state index contributed by atoms with van der Waals surface area (Å²) >= 11 is 0. The third-order valence-corrected chi connectivity index (χ3v) is 4.34. The van der Waals surface area contributed by atoms with E-state index >= 15 is 0 Å². The molecule has 0 fully saturated rings. The Hall–Kier alpha value is -3.07. The first-order valence-electron chi connectivity index (χ1n) is 9.16. The highest BCUT2D eigenvalue weighted by Crippen LogP contribution is 2.30. The minimum atomic E-state index is -4.43. The molecule has 0 aliphatic rings. The van der Waals surface area contributed by atoms with Gasteiger partial charge < -0.3 is 20.5 Å². The third-order valence-electron chi connectivity index (χ3n) is 4.34. The molecule has 0 aromatic heterocycles. The van der Waals surface area contributed by atoms with Crippen molar-refractivity contribution in [2.45, 2.75) is 26.1 Å². The van der Waals surface area contributed by atoms with E-state index < -0.39 is 23.8 Å². The number of rotatable bonds is 8. The van der Waals surface area contributed by atoms with Gasteiger partial charge in [0.15, 0.2) is 0 Å². The van der Waals surface area contributed by atoms with Gasteiger partial charge in [-0.25, -0.2) is 0 Å². The van der Waals surface area contributed by atoms with E-state index in [0.717, 1.165) is 35.4 Å². The summed E-state index contributed by atoms with van der Waals surface area (Å²) < 4.78 is 42.7. The van der Waals surface area contributed by atoms with Crippen LogP contribution < -0.4 is 15.4 Å². The van der Waals surface area contributed by atoms with E-state index in [2.05, 4.69) is 10.6 Å². The van der Waals surface area contributed by atoms with Crippen molar-refractivity contribution in [2.75, 3.05) is 19.7 Å². The van der Waals surface area contributed by atoms with Crippen LogP contribution in [0.1, 0.15) is 27.0 Å². The molecule has 0 saturated carbocycles. The number of hydrogen-bond donors (Lipinski definition) is 3. The lowest BCUT2D eigenvalue weighted by molar-refractivity contribution is -0.137. The van der Waals surface area contributed by atoms with Gasteiger partial charge in [0.25, 0.3) is 5.91 Å². The van der Waals surface area contributed by atoms with Crippen LogP contribution >= 0.6 is 0 Å². The summed E-state index contributed by atoms with van der Waals surface area (Å²) in [6.07, 6.45) is -5.51. The maximum Gasteiger partial charge on any atom is 0.416 e. The Labute approximate surface area is 172 Å². The highest BCUT2D eigenvalue weighted by molar-refractivity contribution is 5.96. The van der Waals surface area contributed by atoms with Crippen LogP contribution in [0.25, 0.3) is 0 Å². The molecule has 2 rings (SSSR count). The molecule has 6 nitrogen and oxygen atoms in total. The molecule has 0 saturated heterocycles. The lowest BCUT2D eigenvalue weighted by Gasteiger charge is -2.14. The molecular formula is C21H23F3N2O4. The quantitative estimate of drug-likeness (QED) is 0.608. The zero-order chi connectivity index (χ0) is 22.3. The Kier molecular flexibility index (Phi) is 7.82. The molecule has 9 heteroatoms. The summed E-state index contributed by atoms with van der Waals surface area (Å²) in [5.41, 5.74) is 1.65. The number of amides is 2. The molecule has 0 heterocycles. The molecule has 1 unspecified atom stereocenters. The van der Waals surface area contributed by atoms with Crippen molar-refractivity contribution in [1.82, 2.24) is 10.6 Å². The van der Waals surface area contributed by atoms with Crippen LogP contribution in [0.15, 0.2) is 42.5 Å². The molecule has 2 aromatic rings. The number of aliphatic hydroxyl groups excluding tert-OH is 1. The normalized spacial score (nSPS) is 12.2. The fourth-order valence-electron chi connectivity index (χ4n) is 2.43. The number of aryl methyl sites for hydroxylation is 2. The van der Waals surface area contributed by atoms with Gasteiger partial charge in [-0.1, -0.05) is 6.07 Å². The SMILES string of the molecule is Cc1ccc(C(=O)NCC(=O)NCC(O)COc2ccc(C(F)(F)F)cc2)cc1C. The molecule has 2 aromatic carbocycles. The van der Waals surface area contributed by atoms with Crippen molar-refractivity contribution < 1.29 is 32.6 Å². The molecule has 162 valence electrons. The van der Waals surface area contributed by atoms with Crippen molar-refractivity contribution in [3.63, 3.8) is 0 Å². The number of benzene rings is 2. The minimum Gasteiger partial charge on any atom is -0.491 e. The Morgan fingerprint density at radius 1 is 1.03 bits per heavy atom. The van der Waals surface area contributed by atoms with Gasteiger partial charge in [0.2, 0.25) is 5.91 Å². The van der Waals surface area contributed by atoms with Crippen LogP contribution in [0.3, 0.4) is 0 Å². The fourth-order valence-corrected chi connectivity index (χ4v) is 2.43. The first-order valence-corrected chi connectivity index (χ1v) is 9.16. The average molecular weight is 424 g/mol. The van der Waals surface area contributed by atoms with Crippen LogP contribution in [0.4, 0.5) is 13.2 Å². The molecule has 1 atom stereocenters. The molecule has 0 radical (unpaired) electrons. The number of halogens is 3. The predicted molar refractivity (Wildman–Crippen MR) is 104 cm³/mol. The Morgan fingerprint density at radius 3 is 2.30 bits per heavy atom. The smallest absolute Gasteiger partial charge is 0.416 e. The third kappa shape index (κ3) is 7.07. The summed E-state index contributed by atoms with van der Waals surface area (Å²) in [6, 6.07) is 9.26. The Morgan fingerprint density at radius 2 is 1.70 bits per heavy atom. The maximum absolute atomic E-state index is 12.5. The average Bonchev–Trinajstić information content (AvgIpc) is 2.70. The molecule has 30 heavy (non-hydrogen) atoms. The van der Waals surface area contributed by atoms with Crippen LogP contribution in [-0.2, 0) is 11.0 Å². The van der Waals surface area contributed by atoms with Crippen molar-refractivity contribution in [1.29, 1.82) is 0 Å². The van der Waals surface area contributed by atoms with Gasteiger partial charge in [0.1, 0.15) is 18.5 Å². The van der Waals surface area contributed by atoms with Crippen molar-refractivity contribution in [2.24, 2.45) is 0 Å². The van der Waals surface area contributed by atoms with Gasteiger partial charge in [0, 0.05) is 12.1 Å². The van der Waals surface area contributed by atoms with E-state index in [0.29, 0.717) is 5.56 Å². The van der Waals surface area contributed by atoms with Gasteiger partial charge in [-0.3, -0.25) is 9.59 Å². The summed E-state index contributed by atoms with van der Waals surface area (Å²) in [5, 5.41) is 14.8. The standard InChI is InChI=1S/C21H23F3N2O4/c1-13-3-4-15(9-14(13)2)20(29)26-11-19(28)25-10-17(27)12-30-18-7-5-16(6-8-18)21(22,23)24/h3-9,17,27H,10-12H2,1-2H3,(H,25,28)(H,26,29). The van der Waals surface area contributed by atoms with E-state index in [9.17, 15) is 27.9 Å². The second-order valence-electron chi connectivity index (χ2n) is 6.77. The number of alkyl halides is 3. The molecular weight excluding hydrogens is 401 g/mol. The van der Waals surface area contributed by atoms with Crippen molar-refractivity contribution in [3.8, 4) is 5.75 Å². The van der Waals surface area contributed by atoms with Crippen molar-refractivity contribution in [3.05, 3.63) is 64.7 Å². The lowest BCUT2D eigenvalue weighted by Crippen LogP contribution is -2.41. The van der Waals surface area contributed by atoms with E-state index in [1.54, 1.807) is 12.1 Å². The summed E-state index contributed by atoms with van der Waals surface area (Å²) in [6.45, 7) is 3.18. The molecule has 0 bridgehead atoms. The maximum atomic E-state index is 12.5. The highest BCUT2D eigenvalue weighted by Gasteiger charge is 2.30. The Bertz CT molecular complexity index is 883. The second-order valence-corrected chi connectivity index (χ2v) is 6.77. The predicted octanol–water partition coefficient (Wildman–Crippen LogP) is 2.61. The van der Waals surface area contributed by atoms with Gasteiger partial charge in [-0.15, -0.1) is 0 Å². The monoisotopic (exact) mass is 424 g/mol. The van der Waals surface area contributed by atoms with Crippen LogP contribution in [0.5, 0.6) is 5.75 Å². The van der Waals surface area contributed by atoms with Crippen LogP contribution in [-0.4, -0.2) is 42.7 Å². The van der Waals surface area contributed by atoms with Crippen LogP contribution in [0, 0.1) is 13.8 Å². The van der Waals surface area contributed by atoms with E-state index in [-0.39, 0.29) is 31.4 Å². The van der Waals surface area contributed by atoms with Gasteiger partial charge >= 0.3 is 6.18 Å². The molecule has 3 N–H and O–H groups in total. The number of ether oxygens (including phenoxy) is 1. The number of carbonyl (C=O) groups excluding carboxylic acids is 2. The number of hydrogen-bond acceptors (Lipinski definition) is 4. The van der Waals surface area contributed by atoms with Gasteiger partial charge in [0.05, 0.1) is 12.1 Å². The zero-order valence-electron chi connectivity index (χ0n) is 16.5. The number of nitrogens with one attached hydrogen (secondary N) is 2. The van der Waals surface area contributed by atoms with Gasteiger partial charge in [-0.05, 0) is 61.4 Å². The number of aliphatic hydroxyl groups is 1. The first kappa shape index (κ1) is 23.2. The lowest BCUT2D eigenvalue weighted by atomic mass is 10.1. The largest absolute Gasteiger partial charge is 0.491 e. The van der Waals surface area contributed by atoms with E-state index in [1.165, 1.54) is 0 Å². The summed E-state index contributed by atoms with van der Waals surface area (Å²) in [7, 11) is 0. The fraction of sp³-hybridized carbons (Fsp3) is 0.333. The summed E-state index contributed by atoms with van der Waals surface area (Å²) in [4.78, 5) is 23.9.